The second-order valence-electron chi connectivity index (χ2n) is 6.23. The molecule has 0 saturated heterocycles. The second kappa shape index (κ2) is 6.29. The Labute approximate surface area is 135 Å². The first-order valence-electron chi connectivity index (χ1n) is 7.76. The van der Waals surface area contributed by atoms with Gasteiger partial charge >= 0.3 is 0 Å². The van der Waals surface area contributed by atoms with E-state index < -0.39 is 0 Å². The second-order valence-corrected chi connectivity index (χ2v) is 6.67. The van der Waals surface area contributed by atoms with E-state index in [1.807, 2.05) is 0 Å². The van der Waals surface area contributed by atoms with Crippen molar-refractivity contribution in [2.45, 2.75) is 32.1 Å². The number of methoxy groups -OCH3 is 1. The van der Waals surface area contributed by atoms with Crippen LogP contribution in [0.4, 0.5) is 5.69 Å². The highest BCUT2D eigenvalue weighted by Crippen LogP contribution is 2.40. The predicted octanol–water partition coefficient (Wildman–Crippen LogP) is 3.68. The Balaban J connectivity index is 1.73. The fraction of sp³-hybridized carbons (Fsp3) is 0.529. The normalized spacial score (nSPS) is 27.4. The summed E-state index contributed by atoms with van der Waals surface area (Å²) in [7, 11) is 1.56. The van der Waals surface area contributed by atoms with Crippen LogP contribution in [0.5, 0.6) is 5.75 Å². The van der Waals surface area contributed by atoms with Crippen molar-refractivity contribution in [1.82, 2.24) is 0 Å². The highest BCUT2D eigenvalue weighted by molar-refractivity contribution is 6.31. The Bertz CT molecular complexity index is 586. The number of fused-ring (bicyclic) bond motifs is 2. The first-order chi connectivity index (χ1) is 10.6. The van der Waals surface area contributed by atoms with E-state index in [0.717, 1.165) is 19.3 Å². The summed E-state index contributed by atoms with van der Waals surface area (Å²) in [5.41, 5.74) is 0.585. The number of carbonyl (C=O) groups is 2. The number of anilines is 1. The van der Waals surface area contributed by atoms with Crippen LogP contribution in [0.15, 0.2) is 18.2 Å². The van der Waals surface area contributed by atoms with Crippen LogP contribution >= 0.6 is 11.6 Å². The molecule has 3 atom stereocenters. The molecular formula is C17H20ClNO3. The van der Waals surface area contributed by atoms with Crippen LogP contribution in [-0.4, -0.2) is 18.8 Å². The molecule has 4 nitrogen and oxygen atoms in total. The summed E-state index contributed by atoms with van der Waals surface area (Å²) in [6.45, 7) is 0. The van der Waals surface area contributed by atoms with Gasteiger partial charge in [0.15, 0.2) is 0 Å². The van der Waals surface area contributed by atoms with Gasteiger partial charge in [-0.05, 0) is 43.9 Å². The van der Waals surface area contributed by atoms with E-state index in [-0.39, 0.29) is 23.7 Å². The zero-order valence-corrected chi connectivity index (χ0v) is 13.4. The Morgan fingerprint density at radius 3 is 2.59 bits per heavy atom. The first kappa shape index (κ1) is 15.3. The fourth-order valence-electron chi connectivity index (χ4n) is 3.71. The van der Waals surface area contributed by atoms with Gasteiger partial charge in [0.05, 0.1) is 12.8 Å². The molecule has 5 heteroatoms. The number of amides is 1. The molecule has 1 N–H and O–H groups in total. The van der Waals surface area contributed by atoms with Crippen molar-refractivity contribution in [2.24, 2.45) is 17.8 Å². The van der Waals surface area contributed by atoms with Gasteiger partial charge in [-0.15, -0.1) is 0 Å². The Morgan fingerprint density at radius 1 is 1.27 bits per heavy atom. The third-order valence-electron chi connectivity index (χ3n) is 4.84. The van der Waals surface area contributed by atoms with Crippen molar-refractivity contribution < 1.29 is 14.3 Å². The van der Waals surface area contributed by atoms with Crippen LogP contribution in [-0.2, 0) is 9.59 Å². The van der Waals surface area contributed by atoms with E-state index in [4.69, 9.17) is 16.3 Å². The summed E-state index contributed by atoms with van der Waals surface area (Å²) in [6.07, 6.45) is 4.31. The molecular weight excluding hydrogens is 302 g/mol. The average Bonchev–Trinajstić information content (AvgIpc) is 2.47. The average molecular weight is 322 g/mol. The number of ether oxygens (including phenoxy) is 1. The van der Waals surface area contributed by atoms with E-state index in [9.17, 15) is 9.59 Å². The van der Waals surface area contributed by atoms with Gasteiger partial charge in [-0.3, -0.25) is 9.59 Å². The fourth-order valence-corrected chi connectivity index (χ4v) is 3.88. The minimum absolute atomic E-state index is 0.0371. The maximum absolute atomic E-state index is 12.6. The van der Waals surface area contributed by atoms with E-state index in [1.54, 1.807) is 25.3 Å². The molecule has 0 heterocycles. The quantitative estimate of drug-likeness (QED) is 0.924. The van der Waals surface area contributed by atoms with Gasteiger partial charge in [0, 0.05) is 22.8 Å². The molecule has 1 aromatic rings. The summed E-state index contributed by atoms with van der Waals surface area (Å²) in [5, 5.41) is 3.46. The molecule has 3 rings (SSSR count). The number of halogens is 1. The molecule has 1 aromatic carbocycles. The van der Waals surface area contributed by atoms with Crippen molar-refractivity contribution in [3.05, 3.63) is 23.2 Å². The van der Waals surface area contributed by atoms with Gasteiger partial charge in [-0.1, -0.05) is 18.0 Å². The molecule has 0 radical (unpaired) electrons. The summed E-state index contributed by atoms with van der Waals surface area (Å²) < 4.78 is 5.25. The van der Waals surface area contributed by atoms with Crippen LogP contribution in [0.25, 0.3) is 0 Å². The van der Waals surface area contributed by atoms with Gasteiger partial charge in [0.1, 0.15) is 11.5 Å². The lowest BCUT2D eigenvalue weighted by atomic mass is 9.67. The minimum atomic E-state index is -0.100. The van der Waals surface area contributed by atoms with Crippen LogP contribution < -0.4 is 10.1 Å². The number of Topliss-reactive ketones (excluding diaryl/α,β-unsaturated/α-hetero) is 1. The van der Waals surface area contributed by atoms with E-state index >= 15 is 0 Å². The third-order valence-corrected chi connectivity index (χ3v) is 5.07. The van der Waals surface area contributed by atoms with Gasteiger partial charge in [0.25, 0.3) is 0 Å². The number of hydrogen-bond acceptors (Lipinski definition) is 3. The summed E-state index contributed by atoms with van der Waals surface area (Å²) in [5.74, 6) is 0.969. The number of benzene rings is 1. The molecule has 2 aliphatic carbocycles. The molecule has 0 aliphatic heterocycles. The van der Waals surface area contributed by atoms with Crippen LogP contribution in [0, 0.1) is 17.8 Å². The van der Waals surface area contributed by atoms with Gasteiger partial charge in [0.2, 0.25) is 5.91 Å². The smallest absolute Gasteiger partial charge is 0.227 e. The Kier molecular flexibility index (Phi) is 4.39. The van der Waals surface area contributed by atoms with Gasteiger partial charge in [-0.2, -0.15) is 0 Å². The summed E-state index contributed by atoms with van der Waals surface area (Å²) in [4.78, 5) is 24.7. The number of nitrogens with one attached hydrogen (secondary N) is 1. The number of ketones is 1. The van der Waals surface area contributed by atoms with Crippen LogP contribution in [0.1, 0.15) is 32.1 Å². The Morgan fingerprint density at radius 2 is 1.95 bits per heavy atom. The van der Waals surface area contributed by atoms with Crippen molar-refractivity contribution in [3.63, 3.8) is 0 Å². The van der Waals surface area contributed by atoms with Crippen LogP contribution in [0.2, 0.25) is 5.02 Å². The lowest BCUT2D eigenvalue weighted by Crippen LogP contribution is -2.40. The molecule has 2 fully saturated rings. The lowest BCUT2D eigenvalue weighted by molar-refractivity contribution is -0.136. The van der Waals surface area contributed by atoms with E-state index in [2.05, 4.69) is 5.32 Å². The molecule has 118 valence electrons. The SMILES string of the molecule is COc1ccc(Cl)cc1NC(=O)C1C[C@H]2CCC[C@@H](C1)C2=O. The van der Waals surface area contributed by atoms with Crippen LogP contribution in [0.3, 0.4) is 0 Å². The zero-order valence-electron chi connectivity index (χ0n) is 12.6. The molecule has 1 unspecified atom stereocenters. The Hall–Kier alpha value is -1.55. The molecule has 22 heavy (non-hydrogen) atoms. The molecule has 0 aromatic heterocycles. The first-order valence-corrected chi connectivity index (χ1v) is 8.14. The largest absolute Gasteiger partial charge is 0.495 e. The molecule has 1 amide bonds. The summed E-state index contributed by atoms with van der Waals surface area (Å²) >= 11 is 5.99. The zero-order chi connectivity index (χ0) is 15.7. The molecule has 2 aliphatic rings. The standard InChI is InChI=1S/C17H20ClNO3/c1-22-15-6-5-13(18)9-14(15)19-17(21)12-7-10-3-2-4-11(8-12)16(10)20/h5-6,9-12H,2-4,7-8H2,1H3,(H,19,21)/t10-,11+,12?. The van der Waals surface area contributed by atoms with Crippen molar-refractivity contribution >= 4 is 29.0 Å². The number of carbonyl (C=O) groups excluding carboxylic acids is 2. The van der Waals surface area contributed by atoms with Crippen molar-refractivity contribution in [1.29, 1.82) is 0 Å². The molecule has 0 spiro atoms. The highest BCUT2D eigenvalue weighted by Gasteiger charge is 2.41. The van der Waals surface area contributed by atoms with Crippen molar-refractivity contribution in [2.75, 3.05) is 12.4 Å². The maximum Gasteiger partial charge on any atom is 0.227 e. The monoisotopic (exact) mass is 321 g/mol. The lowest BCUT2D eigenvalue weighted by Gasteiger charge is -2.37. The number of hydrogen-bond donors (Lipinski definition) is 1. The molecule has 2 bridgehead atoms. The van der Waals surface area contributed by atoms with E-state index in [0.29, 0.717) is 35.1 Å². The van der Waals surface area contributed by atoms with Gasteiger partial charge in [-0.25, -0.2) is 0 Å². The predicted molar refractivity (Wildman–Crippen MR) is 85.2 cm³/mol. The van der Waals surface area contributed by atoms with Gasteiger partial charge < -0.3 is 10.1 Å². The maximum atomic E-state index is 12.6. The molecule has 2 saturated carbocycles. The topological polar surface area (TPSA) is 55.4 Å². The summed E-state index contributed by atoms with van der Waals surface area (Å²) in [6, 6.07) is 5.14. The highest BCUT2D eigenvalue weighted by atomic mass is 35.5. The van der Waals surface area contributed by atoms with Crippen molar-refractivity contribution in [3.8, 4) is 5.75 Å². The third kappa shape index (κ3) is 2.98. The van der Waals surface area contributed by atoms with E-state index in [1.165, 1.54) is 0 Å². The minimum Gasteiger partial charge on any atom is -0.495 e. The number of rotatable bonds is 3.